The van der Waals surface area contributed by atoms with Gasteiger partial charge in [-0.2, -0.15) is 0 Å². The number of carbonyl (C=O) groups excluding carboxylic acids is 9. The van der Waals surface area contributed by atoms with Crippen molar-refractivity contribution < 1.29 is 48.3 Å². The van der Waals surface area contributed by atoms with Gasteiger partial charge in [-0.1, -0.05) is 85.7 Å². The summed E-state index contributed by atoms with van der Waals surface area (Å²) in [6.07, 6.45) is 0.739. The summed E-state index contributed by atoms with van der Waals surface area (Å²) in [5.41, 5.74) is 0.715. The summed E-state index contributed by atoms with van der Waals surface area (Å²) in [4.78, 5) is 135. The summed E-state index contributed by atoms with van der Waals surface area (Å²) in [5, 5.41) is 22.1. The van der Waals surface area contributed by atoms with E-state index in [9.17, 15) is 48.3 Å². The zero-order valence-corrected chi connectivity index (χ0v) is 44.7. The van der Waals surface area contributed by atoms with E-state index >= 15 is 0 Å². The van der Waals surface area contributed by atoms with E-state index < -0.39 is 127 Å². The van der Waals surface area contributed by atoms with Gasteiger partial charge in [-0.3, -0.25) is 43.2 Å². The SMILES string of the molecule is CC(C)C[C@@H]1NC(=O)CN(C)C(=O)[C@H](CC(C)C)N(C)C(=O)C[C@H]([C@@H](C)O)NC(=O)[C@H](CC(C)C)N(C)C(=O)[C@H](Cc2ccccc2)N(C)C(=O)[C@H](C(C)C)NC(=O)C[C@@H](C(=O)N2CCCCC2)NC1=O. The van der Waals surface area contributed by atoms with Crippen LogP contribution in [0.15, 0.2) is 30.3 Å². The van der Waals surface area contributed by atoms with Crippen molar-refractivity contribution >= 4 is 53.2 Å². The molecule has 0 saturated carbocycles. The second-order valence-corrected chi connectivity index (χ2v) is 21.3. The summed E-state index contributed by atoms with van der Waals surface area (Å²) >= 11 is 0. The molecule has 1 aromatic rings. The number of amides is 9. The highest BCUT2D eigenvalue weighted by Crippen LogP contribution is 2.21. The van der Waals surface area contributed by atoms with Crippen LogP contribution < -0.4 is 21.3 Å². The van der Waals surface area contributed by atoms with E-state index in [0.29, 0.717) is 18.7 Å². The summed E-state index contributed by atoms with van der Waals surface area (Å²) in [5.74, 6) is -6.41. The molecular formula is C52H85N9O10. The van der Waals surface area contributed by atoms with Crippen molar-refractivity contribution in [1.82, 2.24) is 45.8 Å². The highest BCUT2D eigenvalue weighted by molar-refractivity contribution is 5.98. The number of likely N-dealkylation sites (N-methyl/N-ethyl adjacent to an activating group) is 4. The molecule has 0 aliphatic carbocycles. The van der Waals surface area contributed by atoms with Gasteiger partial charge in [0.15, 0.2) is 0 Å². The molecule has 71 heavy (non-hydrogen) atoms. The molecule has 2 aliphatic heterocycles. The second kappa shape index (κ2) is 27.9. The average molecular weight is 996 g/mol. The first-order chi connectivity index (χ1) is 33.2. The fourth-order valence-electron chi connectivity index (χ4n) is 9.10. The lowest BCUT2D eigenvalue weighted by Crippen LogP contribution is -2.60. The van der Waals surface area contributed by atoms with Gasteiger partial charge in [0.2, 0.25) is 53.2 Å². The van der Waals surface area contributed by atoms with Gasteiger partial charge in [0.05, 0.1) is 25.1 Å². The van der Waals surface area contributed by atoms with Crippen molar-refractivity contribution in [2.24, 2.45) is 23.7 Å². The Balaban J connectivity index is 2.22. The number of benzene rings is 1. The third-order valence-electron chi connectivity index (χ3n) is 13.4. The van der Waals surface area contributed by atoms with E-state index in [2.05, 4.69) is 21.3 Å². The Hall–Kier alpha value is -5.59. The molecule has 0 unspecified atom stereocenters. The quantitative estimate of drug-likeness (QED) is 0.217. The van der Waals surface area contributed by atoms with E-state index in [1.54, 1.807) is 30.9 Å². The number of hydrogen-bond acceptors (Lipinski definition) is 10. The fraction of sp³-hybridized carbons (Fsp3) is 0.712. The van der Waals surface area contributed by atoms with Crippen molar-refractivity contribution in [3.8, 4) is 0 Å². The fourth-order valence-corrected chi connectivity index (χ4v) is 9.10. The first kappa shape index (κ1) is 59.7. The number of nitrogens with zero attached hydrogens (tertiary/aromatic N) is 5. The summed E-state index contributed by atoms with van der Waals surface area (Å²) in [6.45, 7) is 16.5. The molecule has 2 aliphatic rings. The van der Waals surface area contributed by atoms with Crippen molar-refractivity contribution in [2.75, 3.05) is 47.8 Å². The maximum atomic E-state index is 15.0. The standard InChI is InChI=1S/C52H85N9O10/c1-31(2)24-38-47(66)55-39(49(68)61-22-18-15-19-23-61)28-43(63)56-46(34(7)8)52(71)60(13)42(27-36-20-16-14-17-21-36)51(70)59(12)40(25-32(3)4)48(67)54-37(35(9)62)29-45(65)58(11)41(26-33(5)6)50(69)57(10)30-44(64)53-38/h14,16-17,20-21,31-35,37-42,46,62H,15,18-19,22-30H2,1-13H3,(H,53,64)(H,54,67)(H,55,66)(H,56,63)/t35-,37-,38+,39+,40+,41+,42+,46+/m1/s1. The van der Waals surface area contributed by atoms with E-state index in [1.165, 1.54) is 54.7 Å². The Labute approximate surface area is 421 Å². The van der Waals surface area contributed by atoms with Gasteiger partial charge in [-0.15, -0.1) is 0 Å². The lowest BCUT2D eigenvalue weighted by molar-refractivity contribution is -0.150. The average Bonchev–Trinajstić information content (AvgIpc) is 3.30. The Morgan fingerprint density at radius 1 is 0.606 bits per heavy atom. The lowest BCUT2D eigenvalue weighted by atomic mass is 9.96. The van der Waals surface area contributed by atoms with Crippen LogP contribution in [0.3, 0.4) is 0 Å². The molecule has 2 heterocycles. The van der Waals surface area contributed by atoms with E-state index in [0.717, 1.165) is 19.3 Å². The number of piperidine rings is 1. The molecular weight excluding hydrogens is 911 g/mol. The maximum Gasteiger partial charge on any atom is 0.246 e. The predicted octanol–water partition coefficient (Wildman–Crippen LogP) is 2.09. The Morgan fingerprint density at radius 3 is 1.72 bits per heavy atom. The molecule has 0 aromatic heterocycles. The monoisotopic (exact) mass is 996 g/mol. The molecule has 5 N–H and O–H groups in total. The van der Waals surface area contributed by atoms with Crippen LogP contribution in [0.25, 0.3) is 0 Å². The lowest BCUT2D eigenvalue weighted by Gasteiger charge is -2.37. The molecule has 0 radical (unpaired) electrons. The van der Waals surface area contributed by atoms with Crippen LogP contribution in [0.1, 0.15) is 119 Å². The highest BCUT2D eigenvalue weighted by Gasteiger charge is 2.41. The van der Waals surface area contributed by atoms with Gasteiger partial charge in [0.1, 0.15) is 36.3 Å². The summed E-state index contributed by atoms with van der Waals surface area (Å²) in [6, 6.07) is 0.766. The number of aliphatic hydroxyl groups excluding tert-OH is 1. The third kappa shape index (κ3) is 17.9. The largest absolute Gasteiger partial charge is 0.391 e. The second-order valence-electron chi connectivity index (χ2n) is 21.3. The minimum atomic E-state index is -1.38. The van der Waals surface area contributed by atoms with Gasteiger partial charge < -0.3 is 50.9 Å². The molecule has 19 heteroatoms. The van der Waals surface area contributed by atoms with Crippen LogP contribution in [0.5, 0.6) is 0 Å². The summed E-state index contributed by atoms with van der Waals surface area (Å²) < 4.78 is 0. The molecule has 1 aromatic carbocycles. The Kier molecular flexibility index (Phi) is 23.4. The number of hydrogen-bond donors (Lipinski definition) is 5. The van der Waals surface area contributed by atoms with Gasteiger partial charge in [-0.25, -0.2) is 0 Å². The number of carbonyl (C=O) groups is 9. The highest BCUT2D eigenvalue weighted by atomic mass is 16.3. The van der Waals surface area contributed by atoms with Gasteiger partial charge in [0, 0.05) is 54.1 Å². The molecule has 3 rings (SSSR count). The Morgan fingerprint density at radius 2 is 1.17 bits per heavy atom. The zero-order valence-electron chi connectivity index (χ0n) is 44.7. The molecule has 9 amide bonds. The third-order valence-corrected chi connectivity index (χ3v) is 13.4. The minimum Gasteiger partial charge on any atom is -0.391 e. The van der Waals surface area contributed by atoms with Crippen molar-refractivity contribution in [3.05, 3.63) is 35.9 Å². The van der Waals surface area contributed by atoms with Gasteiger partial charge in [0.25, 0.3) is 0 Å². The van der Waals surface area contributed by atoms with Crippen LogP contribution in [-0.2, 0) is 49.6 Å². The molecule has 0 bridgehead atoms. The van der Waals surface area contributed by atoms with Crippen molar-refractivity contribution in [1.29, 1.82) is 0 Å². The number of likely N-dealkylation sites (tertiary alicyclic amines) is 1. The van der Waals surface area contributed by atoms with Crippen LogP contribution in [0.4, 0.5) is 0 Å². The molecule has 8 atom stereocenters. The van der Waals surface area contributed by atoms with E-state index in [1.807, 2.05) is 59.7 Å². The van der Waals surface area contributed by atoms with Gasteiger partial charge >= 0.3 is 0 Å². The molecule has 2 fully saturated rings. The maximum absolute atomic E-state index is 15.0. The molecule has 2 saturated heterocycles. The first-order valence-corrected chi connectivity index (χ1v) is 25.5. The van der Waals surface area contributed by atoms with Crippen LogP contribution in [-0.4, -0.2) is 179 Å². The topological polar surface area (TPSA) is 238 Å². The van der Waals surface area contributed by atoms with Crippen LogP contribution >= 0.6 is 0 Å². The first-order valence-electron chi connectivity index (χ1n) is 25.5. The van der Waals surface area contributed by atoms with E-state index in [-0.39, 0.29) is 43.4 Å². The number of nitrogens with one attached hydrogen (secondary N) is 4. The predicted molar refractivity (Wildman–Crippen MR) is 270 cm³/mol. The van der Waals surface area contributed by atoms with Crippen molar-refractivity contribution in [2.45, 2.75) is 168 Å². The molecule has 19 nitrogen and oxygen atoms in total. The minimum absolute atomic E-state index is 0.0378. The normalized spacial score (nSPS) is 25.7. The van der Waals surface area contributed by atoms with E-state index in [4.69, 9.17) is 0 Å². The van der Waals surface area contributed by atoms with Crippen molar-refractivity contribution in [3.63, 3.8) is 0 Å². The number of rotatable bonds is 11. The Bertz CT molecular complexity index is 1990. The smallest absolute Gasteiger partial charge is 0.246 e. The summed E-state index contributed by atoms with van der Waals surface area (Å²) in [7, 11) is 5.79. The number of aliphatic hydroxyl groups is 1. The zero-order chi connectivity index (χ0) is 53.4. The van der Waals surface area contributed by atoms with Crippen LogP contribution in [0.2, 0.25) is 0 Å². The van der Waals surface area contributed by atoms with Gasteiger partial charge in [-0.05, 0) is 74.7 Å². The van der Waals surface area contributed by atoms with Crippen LogP contribution in [0, 0.1) is 23.7 Å². The molecule has 0 spiro atoms. The molecule has 398 valence electrons.